The van der Waals surface area contributed by atoms with Crippen LogP contribution in [0.1, 0.15) is 22.6 Å². The molecule has 0 amide bonds. The molecule has 3 rings (SSSR count). The summed E-state index contributed by atoms with van der Waals surface area (Å²) in [6.07, 6.45) is 1.37. The Bertz CT molecular complexity index is 906. The van der Waals surface area contributed by atoms with Gasteiger partial charge in [0.2, 0.25) is 0 Å². The fourth-order valence-corrected chi connectivity index (χ4v) is 2.09. The SMILES string of the molecule is Cc1cn2cc(C(F)(F)F)cc2c(C#Cc2cncn2C)n1. The summed E-state index contributed by atoms with van der Waals surface area (Å²) in [5, 5.41) is 0. The molecule has 0 atom stereocenters. The molecule has 0 bridgehead atoms. The van der Waals surface area contributed by atoms with E-state index >= 15 is 0 Å². The van der Waals surface area contributed by atoms with Crippen LogP contribution in [0.15, 0.2) is 31.0 Å². The Kier molecular flexibility index (Phi) is 3.17. The summed E-state index contributed by atoms with van der Waals surface area (Å²) in [4.78, 5) is 8.17. The van der Waals surface area contributed by atoms with Crippen molar-refractivity contribution in [3.05, 3.63) is 53.6 Å². The zero-order chi connectivity index (χ0) is 15.9. The van der Waals surface area contributed by atoms with E-state index in [1.165, 1.54) is 4.40 Å². The van der Waals surface area contributed by atoms with Crippen molar-refractivity contribution >= 4 is 5.52 Å². The second kappa shape index (κ2) is 4.91. The van der Waals surface area contributed by atoms with Gasteiger partial charge in [0, 0.05) is 19.4 Å². The largest absolute Gasteiger partial charge is 0.417 e. The summed E-state index contributed by atoms with van der Waals surface area (Å²) < 4.78 is 41.6. The molecule has 0 radical (unpaired) electrons. The van der Waals surface area contributed by atoms with Crippen molar-refractivity contribution in [1.82, 2.24) is 18.9 Å². The van der Waals surface area contributed by atoms with Gasteiger partial charge in [-0.3, -0.25) is 0 Å². The molecule has 3 heterocycles. The molecule has 0 aliphatic heterocycles. The first-order valence-electron chi connectivity index (χ1n) is 6.39. The summed E-state index contributed by atoms with van der Waals surface area (Å²) in [6, 6.07) is 1.06. The predicted octanol–water partition coefficient (Wildman–Crippen LogP) is 2.79. The van der Waals surface area contributed by atoms with Gasteiger partial charge in [0.15, 0.2) is 0 Å². The van der Waals surface area contributed by atoms with E-state index in [2.05, 4.69) is 21.8 Å². The van der Waals surface area contributed by atoms with Crippen LogP contribution in [-0.4, -0.2) is 18.9 Å². The van der Waals surface area contributed by atoms with Crippen LogP contribution < -0.4 is 0 Å². The number of aryl methyl sites for hydroxylation is 2. The van der Waals surface area contributed by atoms with Gasteiger partial charge in [-0.05, 0) is 24.8 Å². The van der Waals surface area contributed by atoms with Crippen molar-refractivity contribution in [3.63, 3.8) is 0 Å². The van der Waals surface area contributed by atoms with E-state index in [1.54, 1.807) is 37.3 Å². The van der Waals surface area contributed by atoms with Crippen LogP contribution in [0, 0.1) is 18.8 Å². The van der Waals surface area contributed by atoms with Gasteiger partial charge >= 0.3 is 6.18 Å². The average Bonchev–Trinajstić information content (AvgIpc) is 3.01. The van der Waals surface area contributed by atoms with Crippen LogP contribution in [0.4, 0.5) is 13.2 Å². The van der Waals surface area contributed by atoms with E-state index in [0.29, 0.717) is 22.6 Å². The lowest BCUT2D eigenvalue weighted by Gasteiger charge is -2.00. The molecule has 112 valence electrons. The summed E-state index contributed by atoms with van der Waals surface area (Å²) in [5.74, 6) is 5.70. The second-order valence-electron chi connectivity index (χ2n) is 4.89. The number of halogens is 3. The molecule has 0 N–H and O–H groups in total. The molecule has 3 aromatic heterocycles. The number of imidazole rings is 1. The minimum absolute atomic E-state index is 0.302. The maximum atomic E-state index is 12.8. The van der Waals surface area contributed by atoms with Crippen molar-refractivity contribution in [2.24, 2.45) is 7.05 Å². The molecule has 0 aliphatic carbocycles. The average molecular weight is 304 g/mol. The van der Waals surface area contributed by atoms with Gasteiger partial charge in [0.1, 0.15) is 11.4 Å². The number of aromatic nitrogens is 4. The Morgan fingerprint density at radius 3 is 2.59 bits per heavy atom. The van der Waals surface area contributed by atoms with E-state index in [4.69, 9.17) is 0 Å². The number of rotatable bonds is 0. The fourth-order valence-electron chi connectivity index (χ4n) is 2.09. The van der Waals surface area contributed by atoms with Crippen molar-refractivity contribution < 1.29 is 13.2 Å². The number of nitrogens with zero attached hydrogens (tertiary/aromatic N) is 4. The molecule has 3 aromatic rings. The normalized spacial score (nSPS) is 11.5. The highest BCUT2D eigenvalue weighted by atomic mass is 19.4. The molecule has 0 saturated carbocycles. The first-order valence-corrected chi connectivity index (χ1v) is 6.39. The van der Waals surface area contributed by atoms with Crippen LogP contribution >= 0.6 is 0 Å². The summed E-state index contributed by atoms with van der Waals surface area (Å²) in [6.45, 7) is 1.71. The summed E-state index contributed by atoms with van der Waals surface area (Å²) in [7, 11) is 1.79. The molecule has 7 heteroatoms. The summed E-state index contributed by atoms with van der Waals surface area (Å²) in [5.41, 5.74) is 1.16. The topological polar surface area (TPSA) is 35.1 Å². The lowest BCUT2D eigenvalue weighted by atomic mass is 10.2. The Morgan fingerprint density at radius 1 is 1.18 bits per heavy atom. The maximum absolute atomic E-state index is 12.8. The highest BCUT2D eigenvalue weighted by molar-refractivity contribution is 5.62. The minimum atomic E-state index is -4.40. The van der Waals surface area contributed by atoms with E-state index in [9.17, 15) is 13.2 Å². The Morgan fingerprint density at radius 2 is 1.95 bits per heavy atom. The lowest BCUT2D eigenvalue weighted by molar-refractivity contribution is -0.137. The van der Waals surface area contributed by atoms with Gasteiger partial charge in [-0.25, -0.2) is 9.97 Å². The van der Waals surface area contributed by atoms with Crippen LogP contribution in [0.3, 0.4) is 0 Å². The molecular formula is C15H11F3N4. The number of fused-ring (bicyclic) bond motifs is 1. The maximum Gasteiger partial charge on any atom is 0.417 e. The van der Waals surface area contributed by atoms with Gasteiger partial charge in [-0.15, -0.1) is 0 Å². The molecule has 0 fully saturated rings. The van der Waals surface area contributed by atoms with Gasteiger partial charge < -0.3 is 8.97 Å². The standard InChI is InChI=1S/C15H11F3N4/c1-10-7-22-8-11(15(16,17)18)5-14(22)13(20-10)4-3-12-6-19-9-21(12)2/h5-9H,1-2H3. The third-order valence-corrected chi connectivity index (χ3v) is 3.16. The lowest BCUT2D eigenvalue weighted by Crippen LogP contribution is -2.02. The third-order valence-electron chi connectivity index (χ3n) is 3.16. The van der Waals surface area contributed by atoms with Crippen LogP contribution in [-0.2, 0) is 13.2 Å². The molecule has 0 aliphatic rings. The van der Waals surface area contributed by atoms with E-state index in [1.807, 2.05) is 0 Å². The molecule has 0 unspecified atom stereocenters. The minimum Gasteiger partial charge on any atom is -0.327 e. The van der Waals surface area contributed by atoms with E-state index < -0.39 is 11.7 Å². The number of alkyl halides is 3. The molecule has 0 saturated heterocycles. The first kappa shape index (κ1) is 14.2. The molecule has 0 spiro atoms. The second-order valence-corrected chi connectivity index (χ2v) is 4.89. The number of hydrogen-bond acceptors (Lipinski definition) is 2. The molecular weight excluding hydrogens is 293 g/mol. The van der Waals surface area contributed by atoms with Crippen molar-refractivity contribution in [2.45, 2.75) is 13.1 Å². The van der Waals surface area contributed by atoms with Crippen molar-refractivity contribution in [1.29, 1.82) is 0 Å². The van der Waals surface area contributed by atoms with Gasteiger partial charge in [-0.2, -0.15) is 13.2 Å². The Balaban J connectivity index is 2.15. The van der Waals surface area contributed by atoms with Crippen molar-refractivity contribution in [2.75, 3.05) is 0 Å². The number of hydrogen-bond donors (Lipinski definition) is 0. The van der Waals surface area contributed by atoms with E-state index in [-0.39, 0.29) is 0 Å². The third kappa shape index (κ3) is 2.55. The van der Waals surface area contributed by atoms with Crippen LogP contribution in [0.2, 0.25) is 0 Å². The molecule has 22 heavy (non-hydrogen) atoms. The Hall–Kier alpha value is -2.75. The zero-order valence-electron chi connectivity index (χ0n) is 11.8. The predicted molar refractivity (Wildman–Crippen MR) is 74.1 cm³/mol. The first-order chi connectivity index (χ1) is 10.3. The summed E-state index contributed by atoms with van der Waals surface area (Å²) >= 11 is 0. The van der Waals surface area contributed by atoms with Crippen LogP contribution in [0.25, 0.3) is 5.52 Å². The quantitative estimate of drug-likeness (QED) is 0.599. The molecule has 0 aromatic carbocycles. The van der Waals surface area contributed by atoms with E-state index in [0.717, 1.165) is 12.3 Å². The van der Waals surface area contributed by atoms with Gasteiger partial charge in [-0.1, -0.05) is 0 Å². The van der Waals surface area contributed by atoms with Crippen LogP contribution in [0.5, 0.6) is 0 Å². The monoisotopic (exact) mass is 304 g/mol. The highest BCUT2D eigenvalue weighted by Gasteiger charge is 2.32. The fraction of sp³-hybridized carbons (Fsp3) is 0.200. The van der Waals surface area contributed by atoms with Gasteiger partial charge in [0.05, 0.1) is 29.3 Å². The highest BCUT2D eigenvalue weighted by Crippen LogP contribution is 2.31. The van der Waals surface area contributed by atoms with Gasteiger partial charge in [0.25, 0.3) is 0 Å². The zero-order valence-corrected chi connectivity index (χ0v) is 11.8. The molecule has 4 nitrogen and oxygen atoms in total. The Labute approximate surface area is 124 Å². The smallest absolute Gasteiger partial charge is 0.327 e. The van der Waals surface area contributed by atoms with Crippen molar-refractivity contribution in [3.8, 4) is 11.8 Å².